The van der Waals surface area contributed by atoms with E-state index in [0.717, 1.165) is 0 Å². The molecule has 0 saturated heterocycles. The Morgan fingerprint density at radius 3 is 3.00 bits per heavy atom. The molecule has 0 atom stereocenters. The second kappa shape index (κ2) is 3.30. The molecule has 1 amide bonds. The number of hydrogen-bond acceptors (Lipinski definition) is 3. The number of nitrogens with one attached hydrogen (secondary N) is 1. The third-order valence-corrected chi connectivity index (χ3v) is 1.33. The minimum absolute atomic E-state index is 0.485. The van der Waals surface area contributed by atoms with E-state index in [1.807, 2.05) is 0 Å². The van der Waals surface area contributed by atoms with Crippen LogP contribution in [0.2, 0.25) is 0 Å². The van der Waals surface area contributed by atoms with Crippen molar-refractivity contribution in [1.82, 2.24) is 10.4 Å². The minimum atomic E-state index is -0.485. The average molecular weight is 175 g/mol. The summed E-state index contributed by atoms with van der Waals surface area (Å²) < 4.78 is 4.43. The first-order chi connectivity index (χ1) is 5.24. The van der Waals surface area contributed by atoms with Crippen LogP contribution in [-0.4, -0.2) is 18.2 Å². The molecular formula is C6H7ClN2O2. The second-order valence-corrected chi connectivity index (χ2v) is 2.25. The fourth-order valence-electron chi connectivity index (χ4n) is 0.580. The molecule has 60 valence electrons. The number of methoxy groups -OCH3 is 1. The molecule has 11 heavy (non-hydrogen) atoms. The maximum absolute atomic E-state index is 10.8. The van der Waals surface area contributed by atoms with Gasteiger partial charge in [0.05, 0.1) is 12.1 Å². The van der Waals surface area contributed by atoms with Gasteiger partial charge in [-0.2, -0.15) is 5.01 Å². The molecule has 0 saturated carbocycles. The number of hydrazine groups is 1. The number of ether oxygens (including phenoxy) is 1. The SMILES string of the molecule is COC(=O)N1C=CC(Cl)=CN1. The summed E-state index contributed by atoms with van der Waals surface area (Å²) in [6.45, 7) is 0. The van der Waals surface area contributed by atoms with Gasteiger partial charge in [-0.15, -0.1) is 0 Å². The normalized spacial score (nSPS) is 15.5. The molecule has 0 aromatic carbocycles. The topological polar surface area (TPSA) is 41.6 Å². The number of nitrogens with zero attached hydrogens (tertiary/aromatic N) is 1. The summed E-state index contributed by atoms with van der Waals surface area (Å²) in [5.41, 5.74) is 2.60. The van der Waals surface area contributed by atoms with Gasteiger partial charge in [0.15, 0.2) is 0 Å². The highest BCUT2D eigenvalue weighted by Gasteiger charge is 2.10. The summed E-state index contributed by atoms with van der Waals surface area (Å²) in [6.07, 6.45) is 4.06. The molecule has 0 aliphatic carbocycles. The van der Waals surface area contributed by atoms with Gasteiger partial charge >= 0.3 is 6.09 Å². The van der Waals surface area contributed by atoms with Gasteiger partial charge in [-0.05, 0) is 6.08 Å². The molecule has 1 aliphatic heterocycles. The van der Waals surface area contributed by atoms with Gasteiger partial charge in [-0.3, -0.25) is 5.43 Å². The van der Waals surface area contributed by atoms with Gasteiger partial charge in [0.1, 0.15) is 0 Å². The molecule has 1 heterocycles. The molecule has 4 nitrogen and oxygen atoms in total. The minimum Gasteiger partial charge on any atom is -0.451 e. The Morgan fingerprint density at radius 1 is 1.82 bits per heavy atom. The molecule has 0 aromatic rings. The van der Waals surface area contributed by atoms with Gasteiger partial charge < -0.3 is 4.74 Å². The van der Waals surface area contributed by atoms with E-state index >= 15 is 0 Å². The summed E-state index contributed by atoms with van der Waals surface area (Å²) >= 11 is 5.56. The van der Waals surface area contributed by atoms with Crippen molar-refractivity contribution in [2.45, 2.75) is 0 Å². The van der Waals surface area contributed by atoms with E-state index in [9.17, 15) is 4.79 Å². The van der Waals surface area contributed by atoms with Gasteiger partial charge in [-0.25, -0.2) is 4.79 Å². The van der Waals surface area contributed by atoms with Crippen molar-refractivity contribution in [2.75, 3.05) is 7.11 Å². The maximum atomic E-state index is 10.8. The van der Waals surface area contributed by atoms with Crippen molar-refractivity contribution >= 4 is 17.7 Å². The van der Waals surface area contributed by atoms with Gasteiger partial charge in [0, 0.05) is 12.4 Å². The van der Waals surface area contributed by atoms with E-state index in [2.05, 4.69) is 10.2 Å². The Morgan fingerprint density at radius 2 is 2.55 bits per heavy atom. The Labute approximate surface area is 69.0 Å². The zero-order valence-corrected chi connectivity index (χ0v) is 6.63. The maximum Gasteiger partial charge on any atom is 0.432 e. The first-order valence-corrected chi connectivity index (χ1v) is 3.29. The summed E-state index contributed by atoms with van der Waals surface area (Å²) in [4.78, 5) is 10.8. The van der Waals surface area contributed by atoms with Crippen molar-refractivity contribution in [3.63, 3.8) is 0 Å². The van der Waals surface area contributed by atoms with Crippen LogP contribution in [0.4, 0.5) is 4.79 Å². The lowest BCUT2D eigenvalue weighted by Crippen LogP contribution is -2.36. The van der Waals surface area contributed by atoms with Crippen LogP contribution in [0, 0.1) is 0 Å². The molecule has 1 rings (SSSR count). The highest BCUT2D eigenvalue weighted by Crippen LogP contribution is 2.07. The summed E-state index contributed by atoms with van der Waals surface area (Å²) in [6, 6.07) is 0. The number of halogens is 1. The van der Waals surface area contributed by atoms with Crippen molar-refractivity contribution < 1.29 is 9.53 Å². The van der Waals surface area contributed by atoms with Crippen LogP contribution in [-0.2, 0) is 4.74 Å². The highest BCUT2D eigenvalue weighted by atomic mass is 35.5. The quantitative estimate of drug-likeness (QED) is 0.600. The van der Waals surface area contributed by atoms with Gasteiger partial charge in [0.25, 0.3) is 0 Å². The van der Waals surface area contributed by atoms with Crippen LogP contribution in [0.3, 0.4) is 0 Å². The predicted molar refractivity (Wildman–Crippen MR) is 40.5 cm³/mol. The highest BCUT2D eigenvalue weighted by molar-refractivity contribution is 6.31. The Kier molecular flexibility index (Phi) is 2.38. The van der Waals surface area contributed by atoms with E-state index in [4.69, 9.17) is 11.6 Å². The third kappa shape index (κ3) is 1.88. The van der Waals surface area contributed by atoms with Gasteiger partial charge in [0.2, 0.25) is 0 Å². The van der Waals surface area contributed by atoms with E-state index in [-0.39, 0.29) is 0 Å². The van der Waals surface area contributed by atoms with Crippen molar-refractivity contribution in [2.24, 2.45) is 0 Å². The van der Waals surface area contributed by atoms with Crippen LogP contribution in [0.25, 0.3) is 0 Å². The number of carbonyl (C=O) groups excluding carboxylic acids is 1. The lowest BCUT2D eigenvalue weighted by atomic mass is 10.5. The zero-order valence-electron chi connectivity index (χ0n) is 5.87. The fourth-order valence-corrected chi connectivity index (χ4v) is 0.685. The summed E-state index contributed by atoms with van der Waals surface area (Å²) in [7, 11) is 1.30. The lowest BCUT2D eigenvalue weighted by molar-refractivity contribution is 0.129. The second-order valence-electron chi connectivity index (χ2n) is 1.81. The standard InChI is InChI=1S/C6H7ClN2O2/c1-11-6(10)9-3-2-5(7)4-8-9/h2-4,8H,1H3. The number of allylic oxidation sites excluding steroid dienone is 2. The first-order valence-electron chi connectivity index (χ1n) is 2.91. The van der Waals surface area contributed by atoms with Crippen molar-refractivity contribution in [3.05, 3.63) is 23.5 Å². The summed E-state index contributed by atoms with van der Waals surface area (Å²) in [5.74, 6) is 0. The molecule has 1 aliphatic rings. The molecule has 0 unspecified atom stereocenters. The largest absolute Gasteiger partial charge is 0.451 e. The molecule has 1 N–H and O–H groups in total. The number of amides is 1. The van der Waals surface area contributed by atoms with Crippen LogP contribution in [0.5, 0.6) is 0 Å². The zero-order chi connectivity index (χ0) is 8.27. The van der Waals surface area contributed by atoms with Crippen LogP contribution >= 0.6 is 11.6 Å². The molecule has 0 fully saturated rings. The van der Waals surface area contributed by atoms with Crippen LogP contribution < -0.4 is 5.43 Å². The third-order valence-electron chi connectivity index (χ3n) is 1.10. The molecule has 0 bridgehead atoms. The van der Waals surface area contributed by atoms with E-state index < -0.39 is 6.09 Å². The number of rotatable bonds is 0. The van der Waals surface area contributed by atoms with E-state index in [1.165, 1.54) is 24.5 Å². The van der Waals surface area contributed by atoms with Crippen LogP contribution in [0.1, 0.15) is 0 Å². The van der Waals surface area contributed by atoms with Crippen molar-refractivity contribution in [3.8, 4) is 0 Å². The molecule has 0 aromatic heterocycles. The molecular weight excluding hydrogens is 168 g/mol. The monoisotopic (exact) mass is 174 g/mol. The van der Waals surface area contributed by atoms with Crippen molar-refractivity contribution in [1.29, 1.82) is 0 Å². The van der Waals surface area contributed by atoms with E-state index in [1.54, 1.807) is 6.08 Å². The number of hydrogen-bond donors (Lipinski definition) is 1. The molecule has 5 heteroatoms. The smallest absolute Gasteiger partial charge is 0.432 e. The number of carbonyl (C=O) groups is 1. The predicted octanol–water partition coefficient (Wildman–Crippen LogP) is 1.17. The lowest BCUT2D eigenvalue weighted by Gasteiger charge is -2.18. The van der Waals surface area contributed by atoms with E-state index in [0.29, 0.717) is 5.03 Å². The molecule has 0 spiro atoms. The fraction of sp³-hybridized carbons (Fsp3) is 0.167. The van der Waals surface area contributed by atoms with Crippen LogP contribution in [0.15, 0.2) is 23.5 Å². The molecule has 0 radical (unpaired) electrons. The Bertz CT molecular complexity index is 225. The van der Waals surface area contributed by atoms with Gasteiger partial charge in [-0.1, -0.05) is 11.6 Å². The summed E-state index contributed by atoms with van der Waals surface area (Å²) in [5, 5.41) is 1.71. The average Bonchev–Trinajstić information content (AvgIpc) is 2.05. The first kappa shape index (κ1) is 7.94. The Balaban J connectivity index is 2.55. The Hall–Kier alpha value is -1.16.